The molecule has 1 N–H and O–H groups in total. The normalized spacial score (nSPS) is 13.6. The van der Waals surface area contributed by atoms with Crippen LogP contribution in [0.5, 0.6) is 0 Å². The Bertz CT molecular complexity index is 652. The second-order valence-corrected chi connectivity index (χ2v) is 16.0. The minimum absolute atomic E-state index is 0.0406. The van der Waals surface area contributed by atoms with Gasteiger partial charge in [0.05, 0.1) is 61.4 Å². The van der Waals surface area contributed by atoms with Gasteiger partial charge in [0.2, 0.25) is 5.91 Å². The molecule has 0 rings (SSSR count). The number of hydroxylamine groups is 9. The predicted molar refractivity (Wildman–Crippen MR) is 197 cm³/mol. The third-order valence-corrected chi connectivity index (χ3v) is 7.97. The molecule has 8 heteroatoms. The number of nitrogens with one attached hydrogen (secondary N) is 1. The lowest BCUT2D eigenvalue weighted by atomic mass is 9.89. The second kappa shape index (κ2) is 28.3. The standard InChI is InChI=1S/C16H35NO.C14H31NO.C7H16N2O2/c1-4-5-6-7-8-9-10-11-12-13-14-15-16-17(2,3)18;1-11(2)8-13(5)10-14(9-12(3)4)15(6,7)16;1-7(10)8-5-4-6-9(2,3)11/h4-16H2,1-3H3;11-14H,8-10H2,1-7H3;4-6H2,1-3H3,(H,8,10). The molecule has 0 spiro atoms. The van der Waals surface area contributed by atoms with Gasteiger partial charge in [0.25, 0.3) is 0 Å². The van der Waals surface area contributed by atoms with Crippen LogP contribution in [0, 0.1) is 33.4 Å². The highest BCUT2D eigenvalue weighted by Crippen LogP contribution is 2.25. The zero-order valence-electron chi connectivity index (χ0n) is 32.7. The van der Waals surface area contributed by atoms with Crippen LogP contribution in [0.25, 0.3) is 0 Å². The molecule has 0 aliphatic carbocycles. The van der Waals surface area contributed by atoms with E-state index in [1.54, 1.807) is 42.3 Å². The molecule has 2 atom stereocenters. The van der Waals surface area contributed by atoms with Crippen LogP contribution in [0.15, 0.2) is 0 Å². The molecule has 274 valence electrons. The smallest absolute Gasteiger partial charge is 0.216 e. The van der Waals surface area contributed by atoms with Crippen LogP contribution >= 0.6 is 0 Å². The molecule has 2 unspecified atom stereocenters. The largest absolute Gasteiger partial charge is 0.633 e. The van der Waals surface area contributed by atoms with E-state index in [9.17, 15) is 20.4 Å². The van der Waals surface area contributed by atoms with E-state index in [0.717, 1.165) is 38.1 Å². The van der Waals surface area contributed by atoms with Crippen LogP contribution in [0.3, 0.4) is 0 Å². The summed E-state index contributed by atoms with van der Waals surface area (Å²) in [4.78, 5) is 10.4. The number of unbranched alkanes of at least 4 members (excludes halogenated alkanes) is 11. The van der Waals surface area contributed by atoms with E-state index in [1.165, 1.54) is 84.0 Å². The Balaban J connectivity index is -0.000000605. The summed E-state index contributed by atoms with van der Waals surface area (Å²) in [6.45, 7) is 16.9. The highest BCUT2D eigenvalue weighted by molar-refractivity contribution is 5.72. The molecule has 0 aromatic heterocycles. The van der Waals surface area contributed by atoms with E-state index >= 15 is 0 Å². The molecule has 0 aromatic carbocycles. The van der Waals surface area contributed by atoms with E-state index in [1.807, 2.05) is 0 Å². The van der Waals surface area contributed by atoms with Gasteiger partial charge < -0.3 is 34.9 Å². The molecule has 0 saturated carbocycles. The third kappa shape index (κ3) is 45.4. The minimum Gasteiger partial charge on any atom is -0.633 e. The highest BCUT2D eigenvalue weighted by atomic mass is 16.5. The Labute approximate surface area is 282 Å². The van der Waals surface area contributed by atoms with Gasteiger partial charge in [-0.2, -0.15) is 0 Å². The van der Waals surface area contributed by atoms with E-state index in [4.69, 9.17) is 0 Å². The fourth-order valence-corrected chi connectivity index (χ4v) is 5.57. The quantitative estimate of drug-likeness (QED) is 0.0642. The van der Waals surface area contributed by atoms with Gasteiger partial charge in [0, 0.05) is 32.7 Å². The summed E-state index contributed by atoms with van der Waals surface area (Å²) in [5.74, 6) is 1.97. The number of rotatable bonds is 24. The highest BCUT2D eigenvalue weighted by Gasteiger charge is 2.24. The third-order valence-electron chi connectivity index (χ3n) is 7.97. The summed E-state index contributed by atoms with van der Waals surface area (Å²) in [6.07, 6.45) is 20.4. The molecule has 45 heavy (non-hydrogen) atoms. The SMILES string of the molecule is CC(=O)NCCC[N+](C)(C)[O-].CC(C)CC(C)CC(CC(C)C)[N+](C)(C)[O-].CCCCCCCCCCCCCC[N+](C)(C)[O-]. The summed E-state index contributed by atoms with van der Waals surface area (Å²) in [7, 11) is 10.2. The zero-order chi connectivity index (χ0) is 35.5. The maximum absolute atomic E-state index is 12.1. The number of hydrogen-bond donors (Lipinski definition) is 1. The van der Waals surface area contributed by atoms with Crippen molar-refractivity contribution in [3.05, 3.63) is 15.6 Å². The zero-order valence-corrected chi connectivity index (χ0v) is 32.7. The van der Waals surface area contributed by atoms with Gasteiger partial charge in [0.1, 0.15) is 0 Å². The summed E-state index contributed by atoms with van der Waals surface area (Å²) in [5.41, 5.74) is 0. The van der Waals surface area contributed by atoms with E-state index in [2.05, 4.69) is 46.9 Å². The van der Waals surface area contributed by atoms with E-state index in [-0.39, 0.29) is 25.9 Å². The average molecular weight is 647 g/mol. The lowest BCUT2D eigenvalue weighted by molar-refractivity contribution is -0.868. The molecule has 0 radical (unpaired) electrons. The van der Waals surface area contributed by atoms with E-state index in [0.29, 0.717) is 24.9 Å². The number of nitrogens with zero attached hydrogens (tertiary/aromatic N) is 3. The number of carbonyl (C=O) groups excluding carboxylic acids is 1. The van der Waals surface area contributed by atoms with Crippen molar-refractivity contribution in [2.45, 2.75) is 157 Å². The van der Waals surface area contributed by atoms with Gasteiger partial charge in [-0.3, -0.25) is 4.79 Å². The fourth-order valence-electron chi connectivity index (χ4n) is 5.57. The van der Waals surface area contributed by atoms with Crippen LogP contribution in [0.1, 0.15) is 151 Å². The lowest BCUT2D eigenvalue weighted by Gasteiger charge is -2.44. The predicted octanol–water partition coefficient (Wildman–Crippen LogP) is 9.40. The van der Waals surface area contributed by atoms with Gasteiger partial charge in [-0.25, -0.2) is 0 Å². The molecule has 0 heterocycles. The molecule has 0 bridgehead atoms. The van der Waals surface area contributed by atoms with Gasteiger partial charge in [-0.15, -0.1) is 0 Å². The van der Waals surface area contributed by atoms with Crippen molar-refractivity contribution in [2.75, 3.05) is 61.9 Å². The van der Waals surface area contributed by atoms with E-state index < -0.39 is 0 Å². The molecule has 8 nitrogen and oxygen atoms in total. The first kappa shape index (κ1) is 48.6. The molecular formula is C37H82N4O4. The van der Waals surface area contributed by atoms with Crippen molar-refractivity contribution < 1.29 is 18.7 Å². The Kier molecular flexibility index (Phi) is 30.5. The monoisotopic (exact) mass is 647 g/mol. The minimum atomic E-state index is -0.292. The van der Waals surface area contributed by atoms with Gasteiger partial charge >= 0.3 is 0 Å². The Hall–Kier alpha value is -0.770. The summed E-state index contributed by atoms with van der Waals surface area (Å²) < 4.78 is -0.558. The van der Waals surface area contributed by atoms with Crippen molar-refractivity contribution >= 4 is 5.91 Å². The first-order valence-electron chi connectivity index (χ1n) is 18.5. The number of hydrogen-bond acceptors (Lipinski definition) is 4. The van der Waals surface area contributed by atoms with Crippen molar-refractivity contribution in [1.82, 2.24) is 5.32 Å². The van der Waals surface area contributed by atoms with Crippen LogP contribution < -0.4 is 5.32 Å². The van der Waals surface area contributed by atoms with Crippen LogP contribution in [0.2, 0.25) is 0 Å². The first-order chi connectivity index (χ1) is 20.6. The molecule has 0 aliphatic heterocycles. The summed E-state index contributed by atoms with van der Waals surface area (Å²) in [5, 5.41) is 37.0. The molecule has 0 saturated heterocycles. The summed E-state index contributed by atoms with van der Waals surface area (Å²) in [6, 6.07) is 0.258. The number of quaternary nitrogens is 3. The van der Waals surface area contributed by atoms with Crippen molar-refractivity contribution in [2.24, 2.45) is 17.8 Å². The molecule has 0 aromatic rings. The Morgan fingerprint density at radius 1 is 0.578 bits per heavy atom. The van der Waals surface area contributed by atoms with Crippen LogP contribution in [-0.4, -0.2) is 87.8 Å². The van der Waals surface area contributed by atoms with Crippen LogP contribution in [0.4, 0.5) is 0 Å². The molecule has 0 aliphatic rings. The average Bonchev–Trinajstić information content (AvgIpc) is 2.85. The molecule has 0 fully saturated rings. The molecular weight excluding hydrogens is 564 g/mol. The Morgan fingerprint density at radius 3 is 1.29 bits per heavy atom. The number of amides is 1. The first-order valence-corrected chi connectivity index (χ1v) is 18.5. The Morgan fingerprint density at radius 2 is 0.956 bits per heavy atom. The lowest BCUT2D eigenvalue weighted by Crippen LogP contribution is -2.45. The molecule has 1 amide bonds. The van der Waals surface area contributed by atoms with Crippen molar-refractivity contribution in [1.29, 1.82) is 0 Å². The second-order valence-electron chi connectivity index (χ2n) is 16.0. The van der Waals surface area contributed by atoms with Gasteiger partial charge in [0.15, 0.2) is 0 Å². The van der Waals surface area contributed by atoms with Crippen LogP contribution in [-0.2, 0) is 4.79 Å². The maximum Gasteiger partial charge on any atom is 0.216 e. The van der Waals surface area contributed by atoms with Gasteiger partial charge in [-0.1, -0.05) is 106 Å². The fraction of sp³-hybridized carbons (Fsp3) is 0.973. The van der Waals surface area contributed by atoms with Gasteiger partial charge in [-0.05, 0) is 37.0 Å². The summed E-state index contributed by atoms with van der Waals surface area (Å²) >= 11 is 0. The van der Waals surface area contributed by atoms with Crippen molar-refractivity contribution in [3.8, 4) is 0 Å². The number of carbonyl (C=O) groups is 1. The topological polar surface area (TPSA) is 98.3 Å². The van der Waals surface area contributed by atoms with Crippen molar-refractivity contribution in [3.63, 3.8) is 0 Å². The maximum atomic E-state index is 12.1.